The lowest BCUT2D eigenvalue weighted by Gasteiger charge is -2.33. The van der Waals surface area contributed by atoms with Crippen molar-refractivity contribution in [3.8, 4) is 0 Å². The number of nitrogens with one attached hydrogen (secondary N) is 2. The van der Waals surface area contributed by atoms with Crippen molar-refractivity contribution in [1.29, 1.82) is 0 Å². The van der Waals surface area contributed by atoms with Crippen molar-refractivity contribution in [3.05, 3.63) is 53.2 Å². The summed E-state index contributed by atoms with van der Waals surface area (Å²) in [5.41, 5.74) is 0.909. The van der Waals surface area contributed by atoms with Crippen molar-refractivity contribution in [2.75, 3.05) is 13.1 Å². The number of oxazole rings is 1. The highest BCUT2D eigenvalue weighted by Gasteiger charge is 2.29. The molecule has 2 N–H and O–H groups in total. The second-order valence-corrected chi connectivity index (χ2v) is 5.61. The van der Waals surface area contributed by atoms with Crippen molar-refractivity contribution >= 4 is 5.91 Å². The van der Waals surface area contributed by atoms with Crippen molar-refractivity contribution in [3.63, 3.8) is 0 Å². The molecule has 2 unspecified atom stereocenters. The molecule has 2 atom stereocenters. The van der Waals surface area contributed by atoms with E-state index in [1.807, 2.05) is 0 Å². The Balaban J connectivity index is 1.80. The summed E-state index contributed by atoms with van der Waals surface area (Å²) in [6, 6.07) is 3.64. The van der Waals surface area contributed by atoms with Crippen LogP contribution in [0.2, 0.25) is 0 Å². The highest BCUT2D eigenvalue weighted by molar-refractivity contribution is 5.93. The number of hydrogen-bond donors (Lipinski definition) is 2. The van der Waals surface area contributed by atoms with Gasteiger partial charge in [0.2, 0.25) is 0 Å². The number of aromatic nitrogens is 1. The normalized spacial score (nSPS) is 21.2. The van der Waals surface area contributed by atoms with Crippen molar-refractivity contribution in [2.24, 2.45) is 0 Å². The lowest BCUT2D eigenvalue weighted by atomic mass is 9.86. The van der Waals surface area contributed by atoms with Crippen molar-refractivity contribution in [2.45, 2.75) is 25.3 Å². The van der Waals surface area contributed by atoms with Crippen LogP contribution < -0.4 is 10.6 Å². The summed E-state index contributed by atoms with van der Waals surface area (Å²) >= 11 is 0. The molecule has 1 fully saturated rings. The zero-order valence-electron chi connectivity index (χ0n) is 12.6. The molecule has 7 heteroatoms. The van der Waals surface area contributed by atoms with Gasteiger partial charge in [0.25, 0.3) is 5.91 Å². The first-order valence-electron chi connectivity index (χ1n) is 7.43. The van der Waals surface area contributed by atoms with Crippen LogP contribution in [0.5, 0.6) is 0 Å². The number of nitrogens with zero attached hydrogens (tertiary/aromatic N) is 1. The maximum absolute atomic E-state index is 13.5. The molecule has 1 aromatic carbocycles. The molecule has 122 valence electrons. The monoisotopic (exact) mass is 321 g/mol. The third-order valence-corrected chi connectivity index (χ3v) is 4.13. The SMILES string of the molecule is Cc1ocnc1C(=O)NC1CNCCC1c1ccc(F)c(F)c1. The van der Waals surface area contributed by atoms with Crippen molar-refractivity contribution in [1.82, 2.24) is 15.6 Å². The molecule has 0 aliphatic carbocycles. The molecule has 3 rings (SSSR count). The maximum Gasteiger partial charge on any atom is 0.273 e. The predicted octanol–water partition coefficient (Wildman–Crippen LogP) is 2.14. The van der Waals surface area contributed by atoms with E-state index in [0.717, 1.165) is 12.6 Å². The van der Waals surface area contributed by atoms with E-state index in [1.54, 1.807) is 13.0 Å². The van der Waals surface area contributed by atoms with Crippen LogP contribution in [0, 0.1) is 18.6 Å². The molecule has 1 aromatic heterocycles. The van der Waals surface area contributed by atoms with Gasteiger partial charge in [-0.3, -0.25) is 4.79 Å². The second kappa shape index (κ2) is 6.45. The lowest BCUT2D eigenvalue weighted by Crippen LogP contribution is -2.50. The largest absolute Gasteiger partial charge is 0.448 e. The van der Waals surface area contributed by atoms with Gasteiger partial charge < -0.3 is 15.1 Å². The molecule has 1 amide bonds. The average Bonchev–Trinajstić information content (AvgIpc) is 2.97. The van der Waals surface area contributed by atoms with Crippen LogP contribution in [0.3, 0.4) is 0 Å². The second-order valence-electron chi connectivity index (χ2n) is 5.61. The number of amides is 1. The third-order valence-electron chi connectivity index (χ3n) is 4.13. The zero-order chi connectivity index (χ0) is 16.4. The van der Waals surface area contributed by atoms with Gasteiger partial charge in [-0.1, -0.05) is 6.07 Å². The lowest BCUT2D eigenvalue weighted by molar-refractivity contribution is 0.0918. The van der Waals surface area contributed by atoms with Gasteiger partial charge in [-0.15, -0.1) is 0 Å². The van der Waals surface area contributed by atoms with Gasteiger partial charge in [0.05, 0.1) is 0 Å². The Bertz CT molecular complexity index is 717. The fraction of sp³-hybridized carbons (Fsp3) is 0.375. The van der Waals surface area contributed by atoms with E-state index in [4.69, 9.17) is 4.42 Å². The number of carbonyl (C=O) groups excluding carboxylic acids is 1. The maximum atomic E-state index is 13.5. The Morgan fingerprint density at radius 1 is 1.39 bits per heavy atom. The molecule has 0 radical (unpaired) electrons. The molecular formula is C16H17F2N3O2. The number of aryl methyl sites for hydroxylation is 1. The fourth-order valence-corrected chi connectivity index (χ4v) is 2.91. The van der Waals surface area contributed by atoms with E-state index in [9.17, 15) is 13.6 Å². The summed E-state index contributed by atoms with van der Waals surface area (Å²) in [5.74, 6) is -1.74. The average molecular weight is 321 g/mol. The molecule has 2 heterocycles. The van der Waals surface area contributed by atoms with E-state index >= 15 is 0 Å². The summed E-state index contributed by atoms with van der Waals surface area (Å²) in [6.07, 6.45) is 1.93. The molecule has 5 nitrogen and oxygen atoms in total. The summed E-state index contributed by atoms with van der Waals surface area (Å²) < 4.78 is 31.7. The molecule has 23 heavy (non-hydrogen) atoms. The number of benzene rings is 1. The van der Waals surface area contributed by atoms with Crippen LogP contribution in [0.4, 0.5) is 8.78 Å². The summed E-state index contributed by atoms with van der Waals surface area (Å²) in [5, 5.41) is 6.10. The van der Waals surface area contributed by atoms with E-state index in [0.29, 0.717) is 24.3 Å². The molecule has 1 saturated heterocycles. The van der Waals surface area contributed by atoms with E-state index < -0.39 is 11.6 Å². The molecule has 0 saturated carbocycles. The Hall–Kier alpha value is -2.28. The first-order chi connectivity index (χ1) is 11.1. The van der Waals surface area contributed by atoms with Crippen molar-refractivity contribution < 1.29 is 18.0 Å². The minimum absolute atomic E-state index is 0.0949. The minimum Gasteiger partial charge on any atom is -0.448 e. The third kappa shape index (κ3) is 3.24. The topological polar surface area (TPSA) is 67.2 Å². The quantitative estimate of drug-likeness (QED) is 0.909. The zero-order valence-corrected chi connectivity index (χ0v) is 12.6. The molecule has 0 bridgehead atoms. The first-order valence-corrected chi connectivity index (χ1v) is 7.43. The number of carbonyl (C=O) groups is 1. The molecular weight excluding hydrogens is 304 g/mol. The van der Waals surface area contributed by atoms with Crippen LogP contribution in [0.25, 0.3) is 0 Å². The molecule has 2 aromatic rings. The van der Waals surface area contributed by atoms with Gasteiger partial charge in [0.1, 0.15) is 5.76 Å². The van der Waals surface area contributed by atoms with Crippen LogP contribution >= 0.6 is 0 Å². The van der Waals surface area contributed by atoms with Gasteiger partial charge in [-0.25, -0.2) is 13.8 Å². The van der Waals surface area contributed by atoms with E-state index in [-0.39, 0.29) is 23.6 Å². The number of rotatable bonds is 3. The first kappa shape index (κ1) is 15.6. The number of piperidine rings is 1. The highest BCUT2D eigenvalue weighted by Crippen LogP contribution is 2.27. The van der Waals surface area contributed by atoms with Gasteiger partial charge >= 0.3 is 0 Å². The van der Waals surface area contributed by atoms with Gasteiger partial charge in [0, 0.05) is 18.5 Å². The van der Waals surface area contributed by atoms with Crippen LogP contribution in [0.1, 0.15) is 34.2 Å². The standard InChI is InChI=1S/C16H17F2N3O2/c1-9-15(20-8-23-9)16(22)21-14-7-19-5-4-11(14)10-2-3-12(17)13(18)6-10/h2-3,6,8,11,14,19H,4-5,7H2,1H3,(H,21,22). The highest BCUT2D eigenvalue weighted by atomic mass is 19.2. The van der Waals surface area contributed by atoms with E-state index in [1.165, 1.54) is 12.5 Å². The van der Waals surface area contributed by atoms with Crippen LogP contribution in [-0.4, -0.2) is 30.0 Å². The Kier molecular flexibility index (Phi) is 4.38. The van der Waals surface area contributed by atoms with E-state index in [2.05, 4.69) is 15.6 Å². The smallest absolute Gasteiger partial charge is 0.273 e. The fourth-order valence-electron chi connectivity index (χ4n) is 2.91. The minimum atomic E-state index is -0.876. The van der Waals surface area contributed by atoms with Gasteiger partial charge in [0.15, 0.2) is 23.7 Å². The molecule has 1 aliphatic rings. The van der Waals surface area contributed by atoms with Gasteiger partial charge in [-0.05, 0) is 37.6 Å². The van der Waals surface area contributed by atoms with Gasteiger partial charge in [-0.2, -0.15) is 0 Å². The Morgan fingerprint density at radius 3 is 2.91 bits per heavy atom. The molecule has 0 spiro atoms. The predicted molar refractivity (Wildman–Crippen MR) is 79.1 cm³/mol. The summed E-state index contributed by atoms with van der Waals surface area (Å²) in [7, 11) is 0. The summed E-state index contributed by atoms with van der Waals surface area (Å²) in [4.78, 5) is 16.2. The van der Waals surface area contributed by atoms with Crippen LogP contribution in [0.15, 0.2) is 29.0 Å². The summed E-state index contributed by atoms with van der Waals surface area (Å²) in [6.45, 7) is 2.96. The number of hydrogen-bond acceptors (Lipinski definition) is 4. The molecule has 1 aliphatic heterocycles. The number of halogens is 2. The Labute approximate surface area is 132 Å². The van der Waals surface area contributed by atoms with Crippen LogP contribution in [-0.2, 0) is 0 Å². The Morgan fingerprint density at radius 2 is 2.22 bits per heavy atom.